The number of piperazine rings is 1. The first-order valence-corrected chi connectivity index (χ1v) is 9.24. The number of ether oxygens (including phenoxy) is 1. The standard InChI is InChI=1S/C21H21N3O4/c1-14(25)15-6-8-16(9-7-15)23-10-12-24(13-11-23)21(27)19-20(26)22-17-4-2-3-5-18(17)28-19/h2-9,19H,10-13H2,1H3,(H,22,26)/t19-/m0/s1. The maximum atomic E-state index is 12.8. The van der Waals surface area contributed by atoms with Crippen molar-refractivity contribution in [3.8, 4) is 5.75 Å². The molecule has 1 fully saturated rings. The number of ketones is 1. The third kappa shape index (κ3) is 3.43. The van der Waals surface area contributed by atoms with Crippen LogP contribution in [0.2, 0.25) is 0 Å². The van der Waals surface area contributed by atoms with Gasteiger partial charge in [0, 0.05) is 37.4 Å². The molecule has 0 bridgehead atoms. The van der Waals surface area contributed by atoms with E-state index in [4.69, 9.17) is 4.74 Å². The molecule has 2 aromatic carbocycles. The average Bonchev–Trinajstić information content (AvgIpc) is 2.73. The second kappa shape index (κ2) is 7.34. The van der Waals surface area contributed by atoms with Crippen molar-refractivity contribution in [2.45, 2.75) is 13.0 Å². The van der Waals surface area contributed by atoms with Gasteiger partial charge in [0.05, 0.1) is 5.69 Å². The summed E-state index contributed by atoms with van der Waals surface area (Å²) in [7, 11) is 0. The molecule has 0 radical (unpaired) electrons. The molecule has 0 saturated carbocycles. The molecule has 28 heavy (non-hydrogen) atoms. The molecule has 0 aromatic heterocycles. The summed E-state index contributed by atoms with van der Waals surface area (Å²) >= 11 is 0. The Morgan fingerprint density at radius 1 is 1.00 bits per heavy atom. The fourth-order valence-electron chi connectivity index (χ4n) is 3.47. The normalized spacial score (nSPS) is 18.8. The molecule has 1 saturated heterocycles. The Morgan fingerprint density at radius 2 is 1.68 bits per heavy atom. The fraction of sp³-hybridized carbons (Fsp3) is 0.286. The number of fused-ring (bicyclic) bond motifs is 1. The van der Waals surface area contributed by atoms with Gasteiger partial charge in [-0.15, -0.1) is 0 Å². The van der Waals surface area contributed by atoms with Crippen molar-refractivity contribution in [1.82, 2.24) is 4.90 Å². The van der Waals surface area contributed by atoms with Crippen molar-refractivity contribution in [2.75, 3.05) is 36.4 Å². The summed E-state index contributed by atoms with van der Waals surface area (Å²) in [6.07, 6.45) is -1.16. The van der Waals surface area contributed by atoms with Gasteiger partial charge in [0.2, 0.25) is 0 Å². The molecular weight excluding hydrogens is 358 g/mol. The fourth-order valence-corrected chi connectivity index (χ4v) is 3.47. The van der Waals surface area contributed by atoms with Crippen LogP contribution in [0.25, 0.3) is 0 Å². The summed E-state index contributed by atoms with van der Waals surface area (Å²) in [6.45, 7) is 3.84. The Hall–Kier alpha value is -3.35. The third-order valence-corrected chi connectivity index (χ3v) is 5.08. The van der Waals surface area contributed by atoms with Gasteiger partial charge < -0.3 is 19.9 Å². The number of amides is 2. The average molecular weight is 379 g/mol. The second-order valence-electron chi connectivity index (χ2n) is 6.90. The zero-order valence-electron chi connectivity index (χ0n) is 15.6. The number of nitrogens with one attached hydrogen (secondary N) is 1. The molecular formula is C21H21N3O4. The highest BCUT2D eigenvalue weighted by Gasteiger charge is 2.37. The van der Waals surface area contributed by atoms with Crippen LogP contribution < -0.4 is 15.0 Å². The highest BCUT2D eigenvalue weighted by atomic mass is 16.5. The molecule has 144 valence electrons. The molecule has 7 nitrogen and oxygen atoms in total. The first-order valence-electron chi connectivity index (χ1n) is 9.24. The van der Waals surface area contributed by atoms with Gasteiger partial charge in [0.1, 0.15) is 5.75 Å². The van der Waals surface area contributed by atoms with Gasteiger partial charge in [0.25, 0.3) is 17.9 Å². The van der Waals surface area contributed by atoms with Gasteiger partial charge in [-0.05, 0) is 43.3 Å². The Bertz CT molecular complexity index is 918. The van der Waals surface area contributed by atoms with Crippen LogP contribution in [0, 0.1) is 0 Å². The predicted molar refractivity (Wildman–Crippen MR) is 105 cm³/mol. The molecule has 7 heteroatoms. The molecule has 0 aliphatic carbocycles. The lowest BCUT2D eigenvalue weighted by Crippen LogP contribution is -2.55. The van der Waals surface area contributed by atoms with Gasteiger partial charge >= 0.3 is 0 Å². The van der Waals surface area contributed by atoms with E-state index < -0.39 is 12.0 Å². The minimum Gasteiger partial charge on any atom is -0.468 e. The predicted octanol–water partition coefficient (Wildman–Crippen LogP) is 1.94. The quantitative estimate of drug-likeness (QED) is 0.651. The Kier molecular flexibility index (Phi) is 4.73. The maximum Gasteiger partial charge on any atom is 0.275 e. The van der Waals surface area contributed by atoms with E-state index in [9.17, 15) is 14.4 Å². The molecule has 0 spiro atoms. The highest BCUT2D eigenvalue weighted by molar-refractivity contribution is 6.11. The van der Waals surface area contributed by atoms with Crippen molar-refractivity contribution < 1.29 is 19.1 Å². The SMILES string of the molecule is CC(=O)c1ccc(N2CCN(C(=O)[C@H]3Oc4ccccc4NC3=O)CC2)cc1. The largest absolute Gasteiger partial charge is 0.468 e. The van der Waals surface area contributed by atoms with E-state index in [1.54, 1.807) is 36.1 Å². The van der Waals surface area contributed by atoms with E-state index in [1.165, 1.54) is 0 Å². The summed E-state index contributed by atoms with van der Waals surface area (Å²) in [5, 5.41) is 2.73. The van der Waals surface area contributed by atoms with E-state index in [0.717, 1.165) is 5.69 Å². The third-order valence-electron chi connectivity index (χ3n) is 5.08. The van der Waals surface area contributed by atoms with Crippen LogP contribution in [0.3, 0.4) is 0 Å². The van der Waals surface area contributed by atoms with Crippen LogP contribution in [-0.2, 0) is 9.59 Å². The molecule has 2 aliphatic heterocycles. The number of hydrogen-bond acceptors (Lipinski definition) is 5. The Balaban J connectivity index is 1.39. The number of rotatable bonds is 3. The molecule has 1 N–H and O–H groups in total. The summed E-state index contributed by atoms with van der Waals surface area (Å²) in [4.78, 5) is 40.3. The zero-order valence-corrected chi connectivity index (χ0v) is 15.6. The van der Waals surface area contributed by atoms with Crippen LogP contribution in [0.15, 0.2) is 48.5 Å². The summed E-state index contributed by atoms with van der Waals surface area (Å²) in [5.74, 6) is -0.219. The van der Waals surface area contributed by atoms with Gasteiger partial charge in [0.15, 0.2) is 5.78 Å². The molecule has 2 aliphatic rings. The lowest BCUT2D eigenvalue weighted by atomic mass is 10.1. The molecule has 1 atom stereocenters. The number of carbonyl (C=O) groups excluding carboxylic acids is 3. The number of anilines is 2. The first-order chi connectivity index (χ1) is 13.5. The first kappa shape index (κ1) is 18.0. The molecule has 2 heterocycles. The molecule has 0 unspecified atom stereocenters. The molecule has 2 amide bonds. The van der Waals surface area contributed by atoms with Crippen LogP contribution >= 0.6 is 0 Å². The van der Waals surface area contributed by atoms with Gasteiger partial charge in [-0.1, -0.05) is 12.1 Å². The van der Waals surface area contributed by atoms with Crippen LogP contribution in [-0.4, -0.2) is 54.8 Å². The summed E-state index contributed by atoms with van der Waals surface area (Å²) in [5.41, 5.74) is 2.27. The van der Waals surface area contributed by atoms with Crippen molar-refractivity contribution in [1.29, 1.82) is 0 Å². The van der Waals surface area contributed by atoms with Gasteiger partial charge in [-0.2, -0.15) is 0 Å². The zero-order chi connectivity index (χ0) is 19.7. The molecule has 2 aromatic rings. The topological polar surface area (TPSA) is 79.0 Å². The Morgan fingerprint density at radius 3 is 2.36 bits per heavy atom. The smallest absolute Gasteiger partial charge is 0.275 e. The number of benzene rings is 2. The van der Waals surface area contributed by atoms with Crippen LogP contribution in [0.1, 0.15) is 17.3 Å². The maximum absolute atomic E-state index is 12.8. The minimum atomic E-state index is -1.16. The monoisotopic (exact) mass is 379 g/mol. The lowest BCUT2D eigenvalue weighted by molar-refractivity contribution is -0.145. The highest BCUT2D eigenvalue weighted by Crippen LogP contribution is 2.29. The van der Waals surface area contributed by atoms with Crippen molar-refractivity contribution in [2.24, 2.45) is 0 Å². The summed E-state index contributed by atoms with van der Waals surface area (Å²) in [6, 6.07) is 14.5. The number of para-hydroxylation sites is 2. The summed E-state index contributed by atoms with van der Waals surface area (Å²) < 4.78 is 5.66. The Labute approximate surface area is 162 Å². The van der Waals surface area contributed by atoms with Crippen molar-refractivity contribution in [3.63, 3.8) is 0 Å². The van der Waals surface area contributed by atoms with Crippen molar-refractivity contribution in [3.05, 3.63) is 54.1 Å². The number of carbonyl (C=O) groups is 3. The minimum absolute atomic E-state index is 0.0364. The van der Waals surface area contributed by atoms with Crippen LogP contribution in [0.4, 0.5) is 11.4 Å². The van der Waals surface area contributed by atoms with E-state index in [-0.39, 0.29) is 11.7 Å². The number of nitrogens with zero attached hydrogens (tertiary/aromatic N) is 2. The number of Topliss-reactive ketones (excluding diaryl/α,β-unsaturated/α-hetero) is 1. The van der Waals surface area contributed by atoms with Crippen molar-refractivity contribution >= 4 is 29.0 Å². The van der Waals surface area contributed by atoms with E-state index >= 15 is 0 Å². The van der Waals surface area contributed by atoms with Crippen LogP contribution in [0.5, 0.6) is 5.75 Å². The second-order valence-corrected chi connectivity index (χ2v) is 6.90. The van der Waals surface area contributed by atoms with Gasteiger partial charge in [-0.3, -0.25) is 14.4 Å². The number of hydrogen-bond donors (Lipinski definition) is 1. The van der Waals surface area contributed by atoms with E-state index in [2.05, 4.69) is 10.2 Å². The van der Waals surface area contributed by atoms with Gasteiger partial charge in [-0.25, -0.2) is 0 Å². The van der Waals surface area contributed by atoms with E-state index in [1.807, 2.05) is 24.3 Å². The molecule has 4 rings (SSSR count). The van der Waals surface area contributed by atoms with E-state index in [0.29, 0.717) is 43.2 Å². The lowest BCUT2D eigenvalue weighted by Gasteiger charge is -2.38.